The van der Waals surface area contributed by atoms with Crippen LogP contribution in [-0.4, -0.2) is 35.5 Å². The molecule has 1 saturated carbocycles. The summed E-state index contributed by atoms with van der Waals surface area (Å²) < 4.78 is 5.48. The van der Waals surface area contributed by atoms with E-state index in [4.69, 9.17) is 4.74 Å². The van der Waals surface area contributed by atoms with Gasteiger partial charge in [0.25, 0.3) is 0 Å². The zero-order valence-electron chi connectivity index (χ0n) is 11.1. The monoisotopic (exact) mass is 251 g/mol. The van der Waals surface area contributed by atoms with Crippen molar-refractivity contribution in [3.63, 3.8) is 0 Å². The quantitative estimate of drug-likeness (QED) is 0.566. The summed E-state index contributed by atoms with van der Waals surface area (Å²) in [6, 6.07) is 0.0829. The van der Waals surface area contributed by atoms with Crippen LogP contribution in [0.3, 0.4) is 0 Å². The lowest BCUT2D eigenvalue weighted by atomic mass is 9.88. The van der Waals surface area contributed by atoms with E-state index in [-0.39, 0.29) is 29.9 Å². The van der Waals surface area contributed by atoms with Crippen LogP contribution < -0.4 is 0 Å². The van der Waals surface area contributed by atoms with Crippen LogP contribution in [0.2, 0.25) is 0 Å². The summed E-state index contributed by atoms with van der Waals surface area (Å²) in [7, 11) is 0. The fourth-order valence-electron chi connectivity index (χ4n) is 2.96. The van der Waals surface area contributed by atoms with Crippen LogP contribution in [0.1, 0.15) is 39.5 Å². The first-order valence-electron chi connectivity index (χ1n) is 6.71. The molecule has 2 fully saturated rings. The summed E-state index contributed by atoms with van der Waals surface area (Å²) in [5.41, 5.74) is 0.420. The summed E-state index contributed by atoms with van der Waals surface area (Å²) in [6.07, 6.45) is 3.26. The van der Waals surface area contributed by atoms with Gasteiger partial charge in [-0.2, -0.15) is 0 Å². The molecular weight excluding hydrogens is 230 g/mol. The Morgan fingerprint density at radius 3 is 2.83 bits per heavy atom. The smallest absolute Gasteiger partial charge is 0.333 e. The molecule has 2 bridgehead atoms. The number of hydrogen-bond donors (Lipinski definition) is 0. The molecule has 3 unspecified atom stereocenters. The minimum absolute atomic E-state index is 0.0829. The van der Waals surface area contributed by atoms with Crippen molar-refractivity contribution in [2.75, 3.05) is 6.54 Å². The minimum Gasteiger partial charge on any atom is -0.457 e. The minimum atomic E-state index is -0.339. The van der Waals surface area contributed by atoms with Gasteiger partial charge in [0.05, 0.1) is 6.04 Å². The number of carbonyl (C=O) groups excluding carboxylic acids is 2. The molecule has 0 radical (unpaired) electrons. The van der Waals surface area contributed by atoms with Gasteiger partial charge in [0.2, 0.25) is 5.91 Å². The van der Waals surface area contributed by atoms with Gasteiger partial charge < -0.3 is 9.64 Å². The van der Waals surface area contributed by atoms with Gasteiger partial charge in [-0.25, -0.2) is 4.79 Å². The highest BCUT2D eigenvalue weighted by atomic mass is 16.5. The van der Waals surface area contributed by atoms with E-state index in [1.807, 2.05) is 4.90 Å². The number of hydrogen-bond acceptors (Lipinski definition) is 3. The summed E-state index contributed by atoms with van der Waals surface area (Å²) in [5.74, 6) is 0.0614. The zero-order chi connectivity index (χ0) is 13.3. The number of fused-ring (bicyclic) bond motifs is 2. The summed E-state index contributed by atoms with van der Waals surface area (Å²) in [5, 5.41) is 0. The maximum Gasteiger partial charge on any atom is 0.333 e. The second kappa shape index (κ2) is 5.12. The molecule has 2 rings (SSSR count). The van der Waals surface area contributed by atoms with Crippen LogP contribution in [0, 0.1) is 5.92 Å². The largest absolute Gasteiger partial charge is 0.457 e. The van der Waals surface area contributed by atoms with Crippen LogP contribution in [0.4, 0.5) is 0 Å². The average molecular weight is 251 g/mol. The predicted octanol–water partition coefficient (Wildman–Crippen LogP) is 1.90. The third-order valence-electron chi connectivity index (χ3n) is 3.86. The second-order valence-corrected chi connectivity index (χ2v) is 5.33. The van der Waals surface area contributed by atoms with Crippen molar-refractivity contribution in [3.05, 3.63) is 12.2 Å². The number of ether oxygens (including phenoxy) is 1. The number of amides is 1. The van der Waals surface area contributed by atoms with Crippen LogP contribution in [0.5, 0.6) is 0 Å². The van der Waals surface area contributed by atoms with Crippen LogP contribution in [0.15, 0.2) is 12.2 Å². The first-order chi connectivity index (χ1) is 8.54. The molecule has 4 heteroatoms. The van der Waals surface area contributed by atoms with E-state index < -0.39 is 0 Å². The number of likely N-dealkylation sites (tertiary alicyclic amines) is 1. The Bertz CT molecular complexity index is 377. The third-order valence-corrected chi connectivity index (χ3v) is 3.86. The first-order valence-corrected chi connectivity index (χ1v) is 6.71. The van der Waals surface area contributed by atoms with Gasteiger partial charge in [0.15, 0.2) is 0 Å². The summed E-state index contributed by atoms with van der Waals surface area (Å²) in [6.45, 7) is 8.07. The van der Waals surface area contributed by atoms with Crippen molar-refractivity contribution in [2.24, 2.45) is 5.92 Å². The molecule has 1 aliphatic carbocycles. The number of esters is 1. The van der Waals surface area contributed by atoms with Gasteiger partial charge in [0.1, 0.15) is 6.10 Å². The highest BCUT2D eigenvalue weighted by Crippen LogP contribution is 2.38. The number of nitrogens with zero attached hydrogens (tertiary/aromatic N) is 1. The lowest BCUT2D eigenvalue weighted by Crippen LogP contribution is -2.43. The average Bonchev–Trinajstić information content (AvgIpc) is 2.58. The normalized spacial score (nSPS) is 30.4. The molecule has 3 atom stereocenters. The SMILES string of the molecule is C=C(C)C(=O)OC1CCC2CC1N(CCC)C2=O. The van der Waals surface area contributed by atoms with E-state index in [0.29, 0.717) is 5.57 Å². The number of rotatable bonds is 4. The van der Waals surface area contributed by atoms with Crippen molar-refractivity contribution in [3.8, 4) is 0 Å². The lowest BCUT2D eigenvalue weighted by Gasteiger charge is -2.31. The van der Waals surface area contributed by atoms with Gasteiger partial charge in [-0.05, 0) is 32.6 Å². The molecule has 1 heterocycles. The third kappa shape index (κ3) is 2.28. The van der Waals surface area contributed by atoms with Crippen molar-refractivity contribution in [1.29, 1.82) is 0 Å². The zero-order valence-corrected chi connectivity index (χ0v) is 11.1. The van der Waals surface area contributed by atoms with Gasteiger partial charge in [-0.3, -0.25) is 4.79 Å². The van der Waals surface area contributed by atoms with E-state index in [9.17, 15) is 9.59 Å². The van der Waals surface area contributed by atoms with Crippen molar-refractivity contribution < 1.29 is 14.3 Å². The Hall–Kier alpha value is -1.32. The molecule has 0 aromatic rings. The molecule has 0 spiro atoms. The predicted molar refractivity (Wildman–Crippen MR) is 67.8 cm³/mol. The molecule has 18 heavy (non-hydrogen) atoms. The maximum absolute atomic E-state index is 12.1. The van der Waals surface area contributed by atoms with Crippen molar-refractivity contribution in [2.45, 2.75) is 51.7 Å². The molecule has 0 N–H and O–H groups in total. The molecule has 100 valence electrons. The molecule has 1 amide bonds. The van der Waals surface area contributed by atoms with Gasteiger partial charge in [-0.1, -0.05) is 13.5 Å². The molecule has 1 aliphatic heterocycles. The molecular formula is C14H21NO3. The Morgan fingerprint density at radius 1 is 1.50 bits per heavy atom. The highest BCUT2D eigenvalue weighted by molar-refractivity contribution is 5.87. The van der Waals surface area contributed by atoms with Gasteiger partial charge in [-0.15, -0.1) is 0 Å². The Kier molecular flexibility index (Phi) is 3.73. The van der Waals surface area contributed by atoms with Crippen molar-refractivity contribution in [1.82, 2.24) is 4.90 Å². The second-order valence-electron chi connectivity index (χ2n) is 5.33. The van der Waals surface area contributed by atoms with Crippen LogP contribution >= 0.6 is 0 Å². The van der Waals surface area contributed by atoms with E-state index in [2.05, 4.69) is 13.5 Å². The van der Waals surface area contributed by atoms with E-state index >= 15 is 0 Å². The highest BCUT2D eigenvalue weighted by Gasteiger charge is 2.47. The number of carbonyl (C=O) groups is 2. The van der Waals surface area contributed by atoms with E-state index in [0.717, 1.165) is 32.2 Å². The molecule has 0 aromatic heterocycles. The molecule has 0 aromatic carbocycles. The summed E-state index contributed by atoms with van der Waals surface area (Å²) >= 11 is 0. The fraction of sp³-hybridized carbons (Fsp3) is 0.714. The maximum atomic E-state index is 12.1. The molecule has 4 nitrogen and oxygen atoms in total. The Balaban J connectivity index is 2.07. The van der Waals surface area contributed by atoms with Gasteiger partial charge >= 0.3 is 5.97 Å². The Labute approximate surface area is 108 Å². The van der Waals surface area contributed by atoms with Gasteiger partial charge in [0, 0.05) is 18.0 Å². The topological polar surface area (TPSA) is 46.6 Å². The Morgan fingerprint density at radius 2 is 2.22 bits per heavy atom. The van der Waals surface area contributed by atoms with E-state index in [1.54, 1.807) is 6.92 Å². The molecule has 2 aliphatic rings. The lowest BCUT2D eigenvalue weighted by molar-refractivity contribution is -0.149. The molecule has 1 saturated heterocycles. The van der Waals surface area contributed by atoms with Crippen LogP contribution in [0.25, 0.3) is 0 Å². The van der Waals surface area contributed by atoms with E-state index in [1.165, 1.54) is 0 Å². The first kappa shape index (κ1) is 13.1. The fourth-order valence-corrected chi connectivity index (χ4v) is 2.96. The van der Waals surface area contributed by atoms with Crippen LogP contribution in [-0.2, 0) is 14.3 Å². The van der Waals surface area contributed by atoms with Crippen molar-refractivity contribution >= 4 is 11.9 Å². The standard InChI is InChI=1S/C14H21NO3/c1-4-7-15-11-8-10(13(15)16)5-6-12(11)18-14(17)9(2)3/h10-12H,2,4-8H2,1,3H3. The summed E-state index contributed by atoms with van der Waals surface area (Å²) in [4.78, 5) is 25.6.